The van der Waals surface area contributed by atoms with Crippen LogP contribution in [-0.2, 0) is 15.6 Å². The zero-order valence-electron chi connectivity index (χ0n) is 15.1. The van der Waals surface area contributed by atoms with Gasteiger partial charge in [0.2, 0.25) is 5.91 Å². The van der Waals surface area contributed by atoms with Crippen molar-refractivity contribution in [1.29, 1.82) is 0 Å². The summed E-state index contributed by atoms with van der Waals surface area (Å²) < 4.78 is 6.45. The number of hydrogen-bond donors (Lipinski definition) is 0. The first-order valence-corrected chi connectivity index (χ1v) is 11.6. The van der Waals surface area contributed by atoms with Gasteiger partial charge in [-0.1, -0.05) is 45.0 Å². The number of benzene rings is 1. The van der Waals surface area contributed by atoms with Gasteiger partial charge in [0, 0.05) is 6.42 Å². The van der Waals surface area contributed by atoms with E-state index in [9.17, 15) is 4.79 Å². The maximum Gasteiger partial charge on any atom is 0.223 e. The summed E-state index contributed by atoms with van der Waals surface area (Å²) in [5.74, 6) is 0.299. The fourth-order valence-electron chi connectivity index (χ4n) is 3.52. The Hall–Kier alpha value is -1.13. The third kappa shape index (κ3) is 2.99. The smallest absolute Gasteiger partial charge is 0.223 e. The quantitative estimate of drug-likeness (QED) is 0.773. The van der Waals surface area contributed by atoms with Gasteiger partial charge in [-0.25, -0.2) is 0 Å². The Morgan fingerprint density at radius 1 is 1.26 bits per heavy atom. The molecule has 23 heavy (non-hydrogen) atoms. The van der Waals surface area contributed by atoms with E-state index in [1.165, 1.54) is 11.1 Å². The van der Waals surface area contributed by atoms with Gasteiger partial charge in [0.1, 0.15) is 0 Å². The molecule has 0 bridgehead atoms. The van der Waals surface area contributed by atoms with Crippen LogP contribution in [0.5, 0.6) is 0 Å². The van der Waals surface area contributed by atoms with Gasteiger partial charge < -0.3 is 9.33 Å². The molecule has 2 heterocycles. The molecular formula is C19H29NO2Si. The fourth-order valence-corrected chi connectivity index (χ4v) is 4.57. The minimum atomic E-state index is -1.78. The van der Waals surface area contributed by atoms with Gasteiger partial charge in [-0.15, -0.1) is 0 Å². The summed E-state index contributed by atoms with van der Waals surface area (Å²) in [5, 5.41) is 0.202. The first kappa shape index (κ1) is 16.7. The Kier molecular flexibility index (Phi) is 4.17. The molecule has 2 aliphatic heterocycles. The number of rotatable bonds is 3. The highest BCUT2D eigenvalue weighted by molar-refractivity contribution is 6.74. The summed E-state index contributed by atoms with van der Waals surface area (Å²) in [6.45, 7) is 12.0. The number of carbonyl (C=O) groups excluding carboxylic acids is 1. The second kappa shape index (κ2) is 5.74. The molecule has 0 aromatic heterocycles. The highest BCUT2D eigenvalue weighted by atomic mass is 28.4. The molecule has 2 aliphatic rings. The number of fused-ring (bicyclic) bond motifs is 3. The van der Waals surface area contributed by atoms with Crippen LogP contribution in [0.4, 0.5) is 0 Å². The number of carbonyl (C=O) groups is 1. The maximum absolute atomic E-state index is 12.4. The molecule has 126 valence electrons. The third-order valence-electron chi connectivity index (χ3n) is 5.96. The van der Waals surface area contributed by atoms with Crippen molar-refractivity contribution < 1.29 is 9.22 Å². The van der Waals surface area contributed by atoms with Crippen molar-refractivity contribution in [2.45, 2.75) is 70.2 Å². The van der Waals surface area contributed by atoms with Gasteiger partial charge in [0.15, 0.2) is 8.32 Å². The standard InChI is InChI=1S/C19H29NO2Si/c1-19(2,3)23(4,5)22-13-15-12-14-8-6-7-9-16(14)17-10-11-18(21)20(15)17/h6-9,15,17H,10-13H2,1-5H3/t15-,17+/m0/s1. The van der Waals surface area contributed by atoms with Gasteiger partial charge in [-0.3, -0.25) is 4.79 Å². The van der Waals surface area contributed by atoms with Crippen LogP contribution >= 0.6 is 0 Å². The normalized spacial score (nSPS) is 24.6. The molecule has 0 N–H and O–H groups in total. The number of hydrogen-bond acceptors (Lipinski definition) is 2. The Bertz CT molecular complexity index is 606. The Morgan fingerprint density at radius 3 is 2.65 bits per heavy atom. The molecule has 0 spiro atoms. The molecule has 4 heteroatoms. The van der Waals surface area contributed by atoms with E-state index in [4.69, 9.17) is 4.43 Å². The Balaban J connectivity index is 1.81. The molecule has 1 fully saturated rings. The Morgan fingerprint density at radius 2 is 1.96 bits per heavy atom. The topological polar surface area (TPSA) is 29.5 Å². The largest absolute Gasteiger partial charge is 0.415 e. The van der Waals surface area contributed by atoms with Crippen molar-refractivity contribution >= 4 is 14.2 Å². The predicted molar refractivity (Wildman–Crippen MR) is 95.9 cm³/mol. The van der Waals surface area contributed by atoms with E-state index in [-0.39, 0.29) is 17.1 Å². The van der Waals surface area contributed by atoms with Crippen LogP contribution in [0.3, 0.4) is 0 Å². The van der Waals surface area contributed by atoms with E-state index >= 15 is 0 Å². The van der Waals surface area contributed by atoms with Gasteiger partial charge in [-0.2, -0.15) is 0 Å². The third-order valence-corrected chi connectivity index (χ3v) is 10.5. The molecule has 0 unspecified atom stereocenters. The minimum Gasteiger partial charge on any atom is -0.415 e. The van der Waals surface area contributed by atoms with E-state index in [0.717, 1.165) is 12.8 Å². The van der Waals surface area contributed by atoms with Crippen molar-refractivity contribution in [3.8, 4) is 0 Å². The van der Waals surface area contributed by atoms with E-state index in [1.54, 1.807) is 0 Å². The molecule has 1 saturated heterocycles. The number of amides is 1. The molecular weight excluding hydrogens is 302 g/mol. The van der Waals surface area contributed by atoms with Crippen LogP contribution in [0, 0.1) is 0 Å². The Labute approximate surface area is 141 Å². The summed E-state index contributed by atoms with van der Waals surface area (Å²) in [5.41, 5.74) is 2.74. The van der Waals surface area contributed by atoms with Gasteiger partial charge in [0.05, 0.1) is 18.7 Å². The first-order chi connectivity index (χ1) is 10.7. The SMILES string of the molecule is CC(C)(C)[Si](C)(C)OC[C@@H]1Cc2ccccc2[C@H]2CCC(=O)N12. The zero-order chi connectivity index (χ0) is 16.8. The van der Waals surface area contributed by atoms with Crippen LogP contribution in [0.25, 0.3) is 0 Å². The van der Waals surface area contributed by atoms with Gasteiger partial charge in [0.25, 0.3) is 0 Å². The second-order valence-corrected chi connectivity index (χ2v) is 13.3. The van der Waals surface area contributed by atoms with E-state index < -0.39 is 8.32 Å². The molecule has 3 rings (SSSR count). The van der Waals surface area contributed by atoms with Crippen molar-refractivity contribution in [2.75, 3.05) is 6.61 Å². The molecule has 0 aliphatic carbocycles. The lowest BCUT2D eigenvalue weighted by Crippen LogP contribution is -2.49. The average molecular weight is 332 g/mol. The molecule has 0 saturated carbocycles. The van der Waals surface area contributed by atoms with Crippen molar-refractivity contribution in [2.24, 2.45) is 0 Å². The highest BCUT2D eigenvalue weighted by Crippen LogP contribution is 2.42. The molecule has 1 aromatic carbocycles. The van der Waals surface area contributed by atoms with E-state index in [0.29, 0.717) is 18.9 Å². The number of nitrogens with zero attached hydrogens (tertiary/aromatic N) is 1. The van der Waals surface area contributed by atoms with Crippen molar-refractivity contribution in [3.05, 3.63) is 35.4 Å². The molecule has 0 radical (unpaired) electrons. The van der Waals surface area contributed by atoms with Crippen LogP contribution in [0.2, 0.25) is 18.1 Å². The average Bonchev–Trinajstić information content (AvgIpc) is 2.86. The minimum absolute atomic E-state index is 0.194. The summed E-state index contributed by atoms with van der Waals surface area (Å²) >= 11 is 0. The lowest BCUT2D eigenvalue weighted by Gasteiger charge is -2.42. The van der Waals surface area contributed by atoms with Crippen LogP contribution in [0.1, 0.15) is 50.8 Å². The monoisotopic (exact) mass is 331 g/mol. The maximum atomic E-state index is 12.4. The van der Waals surface area contributed by atoms with Crippen LogP contribution in [-0.4, -0.2) is 31.8 Å². The predicted octanol–water partition coefficient (Wildman–Crippen LogP) is 4.30. The summed E-state index contributed by atoms with van der Waals surface area (Å²) in [6.07, 6.45) is 2.55. The highest BCUT2D eigenvalue weighted by Gasteiger charge is 2.43. The van der Waals surface area contributed by atoms with E-state index in [1.807, 2.05) is 0 Å². The van der Waals surface area contributed by atoms with Crippen LogP contribution < -0.4 is 0 Å². The summed E-state index contributed by atoms with van der Waals surface area (Å²) in [7, 11) is -1.78. The molecule has 1 amide bonds. The molecule has 1 aromatic rings. The fraction of sp³-hybridized carbons (Fsp3) is 0.632. The second-order valence-electron chi connectivity index (χ2n) is 8.48. The zero-order valence-corrected chi connectivity index (χ0v) is 16.1. The summed E-state index contributed by atoms with van der Waals surface area (Å²) in [4.78, 5) is 14.6. The van der Waals surface area contributed by atoms with Crippen molar-refractivity contribution in [3.63, 3.8) is 0 Å². The first-order valence-electron chi connectivity index (χ1n) is 8.73. The summed E-state index contributed by atoms with van der Waals surface area (Å²) in [6, 6.07) is 9.06. The van der Waals surface area contributed by atoms with Crippen LogP contribution in [0.15, 0.2) is 24.3 Å². The van der Waals surface area contributed by atoms with E-state index in [2.05, 4.69) is 63.0 Å². The lowest BCUT2D eigenvalue weighted by molar-refractivity contribution is -0.132. The van der Waals surface area contributed by atoms with Gasteiger partial charge >= 0.3 is 0 Å². The lowest BCUT2D eigenvalue weighted by atomic mass is 9.89. The molecule has 2 atom stereocenters. The molecule has 3 nitrogen and oxygen atoms in total. The van der Waals surface area contributed by atoms with Crippen molar-refractivity contribution in [1.82, 2.24) is 4.90 Å². The van der Waals surface area contributed by atoms with Gasteiger partial charge in [-0.05, 0) is 42.1 Å².